The van der Waals surface area contributed by atoms with Crippen molar-refractivity contribution in [3.63, 3.8) is 0 Å². The van der Waals surface area contributed by atoms with Gasteiger partial charge in [0.05, 0.1) is 17.6 Å². The van der Waals surface area contributed by atoms with Crippen molar-refractivity contribution in [2.45, 2.75) is 114 Å². The SMILES string of the molecule is CC(C)(C)OC(=O)N1C(CCCOc2cccc(SNC(=O)c3ccc(N4C=CC(OCCC5(C(F)(F)F)CC5)N4)nc3Cl)c2)CCC1(C)C. The molecule has 10 nitrogen and oxygen atoms in total. The van der Waals surface area contributed by atoms with E-state index >= 15 is 0 Å². The maximum absolute atomic E-state index is 13.2. The van der Waals surface area contributed by atoms with Crippen molar-refractivity contribution in [3.05, 3.63) is 59.4 Å². The average Bonchev–Trinajstić information content (AvgIpc) is 3.58. The number of ether oxygens (including phenoxy) is 3. The highest BCUT2D eigenvalue weighted by Crippen LogP contribution is 2.59. The molecule has 2 unspecified atom stereocenters. The molecule has 274 valence electrons. The van der Waals surface area contributed by atoms with Gasteiger partial charge in [0.25, 0.3) is 5.91 Å². The molecule has 1 saturated carbocycles. The molecule has 1 aromatic carbocycles. The first-order valence-electron chi connectivity index (χ1n) is 16.8. The van der Waals surface area contributed by atoms with Gasteiger partial charge in [-0.3, -0.25) is 14.5 Å². The Bertz CT molecular complexity index is 1570. The first kappa shape index (κ1) is 38.0. The lowest BCUT2D eigenvalue weighted by Crippen LogP contribution is -2.49. The monoisotopic (exact) mass is 739 g/mol. The number of anilines is 1. The van der Waals surface area contributed by atoms with E-state index in [1.54, 1.807) is 24.4 Å². The number of hydrogen-bond donors (Lipinski definition) is 2. The van der Waals surface area contributed by atoms with E-state index in [1.165, 1.54) is 5.01 Å². The van der Waals surface area contributed by atoms with Crippen LogP contribution >= 0.6 is 23.5 Å². The van der Waals surface area contributed by atoms with Crippen LogP contribution in [-0.2, 0) is 9.47 Å². The summed E-state index contributed by atoms with van der Waals surface area (Å²) in [5.74, 6) is 0.601. The minimum Gasteiger partial charge on any atom is -0.494 e. The number of alkyl halides is 3. The van der Waals surface area contributed by atoms with E-state index in [1.807, 2.05) is 49.9 Å². The van der Waals surface area contributed by atoms with Gasteiger partial charge < -0.3 is 19.1 Å². The number of amides is 2. The van der Waals surface area contributed by atoms with Crippen molar-refractivity contribution in [1.29, 1.82) is 0 Å². The molecular weight excluding hydrogens is 695 g/mol. The number of nitrogens with one attached hydrogen (secondary N) is 2. The van der Waals surface area contributed by atoms with E-state index in [9.17, 15) is 22.8 Å². The summed E-state index contributed by atoms with van der Waals surface area (Å²) in [6, 6.07) is 10.6. The second kappa shape index (κ2) is 15.2. The summed E-state index contributed by atoms with van der Waals surface area (Å²) in [5, 5.41) is 1.51. The van der Waals surface area contributed by atoms with Gasteiger partial charge in [-0.05, 0) is 128 Å². The van der Waals surface area contributed by atoms with Crippen molar-refractivity contribution in [2.24, 2.45) is 5.41 Å². The van der Waals surface area contributed by atoms with Crippen LogP contribution in [0.25, 0.3) is 0 Å². The number of halogens is 4. The Labute approximate surface area is 300 Å². The molecular formula is C35H45ClF3N5O5S. The lowest BCUT2D eigenvalue weighted by atomic mass is 10.0. The molecule has 0 radical (unpaired) electrons. The van der Waals surface area contributed by atoms with Crippen LogP contribution in [0, 0.1) is 5.41 Å². The Morgan fingerprint density at radius 3 is 2.56 bits per heavy atom. The van der Waals surface area contributed by atoms with Crippen LogP contribution in [0.3, 0.4) is 0 Å². The van der Waals surface area contributed by atoms with Crippen molar-refractivity contribution in [2.75, 3.05) is 18.2 Å². The molecule has 0 spiro atoms. The maximum Gasteiger partial charge on any atom is 0.410 e. The molecule has 1 aliphatic carbocycles. The summed E-state index contributed by atoms with van der Waals surface area (Å²) in [4.78, 5) is 32.8. The minimum atomic E-state index is -4.21. The fourth-order valence-corrected chi connectivity index (χ4v) is 6.98. The molecule has 0 bridgehead atoms. The number of carbonyl (C=O) groups is 2. The minimum absolute atomic E-state index is 0.0195. The van der Waals surface area contributed by atoms with E-state index in [4.69, 9.17) is 25.8 Å². The van der Waals surface area contributed by atoms with Gasteiger partial charge in [0.2, 0.25) is 0 Å². The molecule has 2 aliphatic heterocycles. The van der Waals surface area contributed by atoms with Crippen LogP contribution in [0.5, 0.6) is 5.75 Å². The normalized spacial score (nSPS) is 21.0. The van der Waals surface area contributed by atoms with E-state index in [-0.39, 0.29) is 54.3 Å². The number of benzene rings is 1. The lowest BCUT2D eigenvalue weighted by Gasteiger charge is -2.37. The zero-order chi connectivity index (χ0) is 36.3. The predicted molar refractivity (Wildman–Crippen MR) is 186 cm³/mol. The number of nitrogens with zero attached hydrogens (tertiary/aromatic N) is 3. The molecule has 2 atom stereocenters. The molecule has 15 heteroatoms. The lowest BCUT2D eigenvalue weighted by molar-refractivity contribution is -0.192. The fraction of sp³-hybridized carbons (Fsp3) is 0.571. The van der Waals surface area contributed by atoms with Crippen LogP contribution in [-0.4, -0.2) is 64.7 Å². The quantitative estimate of drug-likeness (QED) is 0.119. The molecule has 1 saturated heterocycles. The van der Waals surface area contributed by atoms with Crippen molar-refractivity contribution < 1.29 is 37.0 Å². The Kier molecular flexibility index (Phi) is 11.6. The summed E-state index contributed by atoms with van der Waals surface area (Å²) in [7, 11) is 0. The van der Waals surface area contributed by atoms with E-state index in [0.29, 0.717) is 18.2 Å². The van der Waals surface area contributed by atoms with Crippen LogP contribution in [0.1, 0.15) is 89.9 Å². The predicted octanol–water partition coefficient (Wildman–Crippen LogP) is 8.42. The molecule has 2 fully saturated rings. The van der Waals surface area contributed by atoms with Gasteiger partial charge in [-0.2, -0.15) is 18.6 Å². The highest BCUT2D eigenvalue weighted by atomic mass is 35.5. The van der Waals surface area contributed by atoms with Gasteiger partial charge in [0.1, 0.15) is 28.5 Å². The molecule has 50 heavy (non-hydrogen) atoms. The third-order valence-electron chi connectivity index (χ3n) is 9.05. The molecule has 5 rings (SSSR count). The smallest absolute Gasteiger partial charge is 0.410 e. The van der Waals surface area contributed by atoms with Crippen LogP contribution in [0.15, 0.2) is 53.6 Å². The highest BCUT2D eigenvalue weighted by Gasteiger charge is 2.62. The number of hydrazine groups is 1. The highest BCUT2D eigenvalue weighted by molar-refractivity contribution is 7.98. The van der Waals surface area contributed by atoms with Crippen molar-refractivity contribution >= 4 is 41.4 Å². The summed E-state index contributed by atoms with van der Waals surface area (Å²) >= 11 is 7.48. The summed E-state index contributed by atoms with van der Waals surface area (Å²) in [6.07, 6.45) is 1.78. The average molecular weight is 740 g/mol. The van der Waals surface area contributed by atoms with E-state index in [0.717, 1.165) is 42.5 Å². The first-order valence-corrected chi connectivity index (χ1v) is 18.0. The van der Waals surface area contributed by atoms with Crippen LogP contribution < -0.4 is 19.9 Å². The Balaban J connectivity index is 1.05. The molecule has 3 aliphatic rings. The summed E-state index contributed by atoms with van der Waals surface area (Å²) in [5.41, 5.74) is 0.726. The van der Waals surface area contributed by atoms with Crippen LogP contribution in [0.4, 0.5) is 23.8 Å². The van der Waals surface area contributed by atoms with Gasteiger partial charge in [-0.15, -0.1) is 0 Å². The number of pyridine rings is 1. The van der Waals surface area contributed by atoms with E-state index < -0.39 is 29.3 Å². The third kappa shape index (κ3) is 9.56. The number of rotatable bonds is 13. The van der Waals surface area contributed by atoms with Crippen molar-refractivity contribution in [1.82, 2.24) is 20.0 Å². The van der Waals surface area contributed by atoms with Crippen LogP contribution in [0.2, 0.25) is 5.15 Å². The standard InChI is InChI=1S/C35H45ClF3N5O5S/c1-32(2,3)49-31(46)44-23(13-15-33(44,4)5)8-7-20-47-24-9-6-10-25(22-24)50-42-30(45)26-11-12-27(40-29(26)36)43-19-14-28(41-43)48-21-18-34(16-17-34)35(37,38)39/h6,9-12,14,19,22-23,28,41H,7-8,13,15-18,20-21H2,1-5H3,(H,42,45). The third-order valence-corrected chi connectivity index (χ3v) is 10.1. The van der Waals surface area contributed by atoms with Gasteiger partial charge in [0, 0.05) is 29.3 Å². The van der Waals surface area contributed by atoms with Gasteiger partial charge >= 0.3 is 12.3 Å². The number of likely N-dealkylation sites (tertiary alicyclic amines) is 1. The Morgan fingerprint density at radius 1 is 1.12 bits per heavy atom. The second-order valence-corrected chi connectivity index (χ2v) is 15.8. The second-order valence-electron chi connectivity index (χ2n) is 14.5. The first-order chi connectivity index (χ1) is 23.5. The largest absolute Gasteiger partial charge is 0.494 e. The van der Waals surface area contributed by atoms with Gasteiger partial charge in [-0.1, -0.05) is 17.7 Å². The zero-order valence-electron chi connectivity index (χ0n) is 28.9. The molecule has 2 N–H and O–H groups in total. The number of hydrogen-bond acceptors (Lipinski definition) is 9. The summed E-state index contributed by atoms with van der Waals surface area (Å²) in [6.45, 7) is 10.2. The Hall–Kier alpha value is -3.20. The maximum atomic E-state index is 13.2. The molecule has 2 amide bonds. The topological polar surface area (TPSA) is 105 Å². The number of aromatic nitrogens is 1. The summed E-state index contributed by atoms with van der Waals surface area (Å²) < 4.78 is 59.6. The Morgan fingerprint density at radius 2 is 1.88 bits per heavy atom. The molecule has 1 aromatic heterocycles. The zero-order valence-corrected chi connectivity index (χ0v) is 30.5. The fourth-order valence-electron chi connectivity index (χ4n) is 6.10. The van der Waals surface area contributed by atoms with Gasteiger partial charge in [-0.25, -0.2) is 9.78 Å². The van der Waals surface area contributed by atoms with Gasteiger partial charge in [0.15, 0.2) is 0 Å². The number of carbonyl (C=O) groups excluding carboxylic acids is 2. The van der Waals surface area contributed by atoms with E-state index in [2.05, 4.69) is 29.0 Å². The van der Waals surface area contributed by atoms with Crippen molar-refractivity contribution in [3.8, 4) is 5.75 Å². The molecule has 2 aromatic rings. The molecule has 3 heterocycles.